The molecule has 1 aromatic rings. The molecule has 0 radical (unpaired) electrons. The summed E-state index contributed by atoms with van der Waals surface area (Å²) in [6.45, 7) is 10.1. The minimum atomic E-state index is -0.364. The van der Waals surface area contributed by atoms with Crippen LogP contribution in [-0.4, -0.2) is 22.1 Å². The van der Waals surface area contributed by atoms with Crippen LogP contribution in [0.3, 0.4) is 0 Å². The van der Waals surface area contributed by atoms with E-state index < -0.39 is 0 Å². The number of hydrogen-bond donors (Lipinski definition) is 0. The maximum absolute atomic E-state index is 12.7. The van der Waals surface area contributed by atoms with Gasteiger partial charge in [-0.25, -0.2) is 0 Å². The van der Waals surface area contributed by atoms with Crippen molar-refractivity contribution >= 4 is 23.3 Å². The number of Topliss-reactive ketones (excluding diaryl/α,β-unsaturated/α-hetero) is 2. The Hall–Kier alpha value is -1.09. The molecule has 0 bridgehead atoms. The van der Waals surface area contributed by atoms with Gasteiger partial charge in [-0.3, -0.25) is 9.59 Å². The van der Waals surface area contributed by atoms with Crippen LogP contribution >= 0.6 is 11.8 Å². The first-order chi connectivity index (χ1) is 10.6. The van der Waals surface area contributed by atoms with Crippen LogP contribution in [0.15, 0.2) is 30.3 Å². The van der Waals surface area contributed by atoms with Crippen molar-refractivity contribution in [2.24, 2.45) is 11.3 Å². The molecule has 1 aliphatic heterocycles. The summed E-state index contributed by atoms with van der Waals surface area (Å²) in [6.07, 6.45) is 1.04. The second-order valence-electron chi connectivity index (χ2n) is 8.21. The minimum absolute atomic E-state index is 0.000903. The first-order valence-corrected chi connectivity index (χ1v) is 9.34. The third kappa shape index (κ3) is 4.69. The fourth-order valence-electron chi connectivity index (χ4n) is 3.05. The maximum Gasteiger partial charge on any atom is 0.138 e. The average molecular weight is 333 g/mol. The van der Waals surface area contributed by atoms with E-state index in [2.05, 4.69) is 26.0 Å². The summed E-state index contributed by atoms with van der Waals surface area (Å²) in [4.78, 5) is 25.3. The van der Waals surface area contributed by atoms with Crippen molar-refractivity contribution in [3.05, 3.63) is 35.9 Å². The molecule has 3 heteroatoms. The van der Waals surface area contributed by atoms with E-state index >= 15 is 0 Å². The Kier molecular flexibility index (Phi) is 5.40. The van der Waals surface area contributed by atoms with Gasteiger partial charge in [-0.1, -0.05) is 65.0 Å². The molecule has 0 spiro atoms. The smallest absolute Gasteiger partial charge is 0.138 e. The Morgan fingerprint density at radius 2 is 1.87 bits per heavy atom. The zero-order chi connectivity index (χ0) is 17.3. The predicted octanol–water partition coefficient (Wildman–Crippen LogP) is 4.88. The Balaban J connectivity index is 2.28. The highest BCUT2D eigenvalue weighted by Gasteiger charge is 2.40. The first-order valence-electron chi connectivity index (χ1n) is 8.35. The summed E-state index contributed by atoms with van der Waals surface area (Å²) in [5.74, 6) is 1.29. The molecule has 1 aliphatic rings. The quantitative estimate of drug-likeness (QED) is 0.788. The van der Waals surface area contributed by atoms with Crippen molar-refractivity contribution in [3.8, 4) is 0 Å². The summed E-state index contributed by atoms with van der Waals surface area (Å²) in [7, 11) is 0. The molecule has 2 unspecified atom stereocenters. The van der Waals surface area contributed by atoms with Crippen molar-refractivity contribution in [1.29, 1.82) is 0 Å². The van der Waals surface area contributed by atoms with Crippen LogP contribution in [0.2, 0.25) is 0 Å². The summed E-state index contributed by atoms with van der Waals surface area (Å²) in [5, 5.41) is 0. The van der Waals surface area contributed by atoms with Crippen LogP contribution in [0, 0.1) is 11.3 Å². The van der Waals surface area contributed by atoms with Gasteiger partial charge in [0.1, 0.15) is 11.6 Å². The predicted molar refractivity (Wildman–Crippen MR) is 97.9 cm³/mol. The van der Waals surface area contributed by atoms with Crippen molar-refractivity contribution in [2.75, 3.05) is 5.75 Å². The summed E-state index contributed by atoms with van der Waals surface area (Å²) < 4.78 is 0.0167. The highest BCUT2D eigenvalue weighted by Crippen LogP contribution is 2.43. The van der Waals surface area contributed by atoms with Gasteiger partial charge < -0.3 is 0 Å². The SMILES string of the molecule is CC1(C)CC(=O)C(C(CC(=O)C(C)(C)C)c2ccccc2)CS1. The van der Waals surface area contributed by atoms with E-state index in [1.807, 2.05) is 50.7 Å². The summed E-state index contributed by atoms with van der Waals surface area (Å²) in [5.41, 5.74) is 0.751. The molecule has 0 amide bonds. The number of thioether (sulfide) groups is 1. The second kappa shape index (κ2) is 6.80. The van der Waals surface area contributed by atoms with Gasteiger partial charge in [0.15, 0.2) is 0 Å². The van der Waals surface area contributed by atoms with E-state index in [4.69, 9.17) is 0 Å². The number of hydrogen-bond acceptors (Lipinski definition) is 3. The molecule has 1 aromatic carbocycles. The molecule has 2 rings (SSSR count). The number of benzene rings is 1. The molecule has 1 heterocycles. The van der Waals surface area contributed by atoms with Crippen LogP contribution in [0.1, 0.15) is 58.9 Å². The third-order valence-corrected chi connectivity index (χ3v) is 6.07. The van der Waals surface area contributed by atoms with Crippen molar-refractivity contribution < 1.29 is 9.59 Å². The van der Waals surface area contributed by atoms with Crippen LogP contribution in [0.4, 0.5) is 0 Å². The standard InChI is InChI=1S/C20H28O2S/c1-19(2,3)18(22)11-15(14-9-7-6-8-10-14)16-13-23-20(4,5)12-17(16)21/h6-10,15-16H,11-13H2,1-5H3. The first kappa shape index (κ1) is 18.3. The topological polar surface area (TPSA) is 34.1 Å². The zero-order valence-corrected chi connectivity index (χ0v) is 15.7. The van der Waals surface area contributed by atoms with Gasteiger partial charge in [-0.05, 0) is 5.56 Å². The fraction of sp³-hybridized carbons (Fsp3) is 0.600. The molecule has 1 saturated heterocycles. The lowest BCUT2D eigenvalue weighted by Gasteiger charge is -2.37. The minimum Gasteiger partial charge on any atom is -0.299 e. The van der Waals surface area contributed by atoms with Crippen LogP contribution in [0.5, 0.6) is 0 Å². The molecule has 126 valence electrons. The molecule has 2 atom stereocenters. The molecular formula is C20H28O2S. The van der Waals surface area contributed by atoms with Gasteiger partial charge in [0, 0.05) is 40.6 Å². The Morgan fingerprint density at radius 3 is 2.39 bits per heavy atom. The summed E-state index contributed by atoms with van der Waals surface area (Å²) in [6, 6.07) is 10.1. The van der Waals surface area contributed by atoms with E-state index in [0.717, 1.165) is 11.3 Å². The summed E-state index contributed by atoms with van der Waals surface area (Å²) >= 11 is 1.86. The van der Waals surface area contributed by atoms with Gasteiger partial charge in [-0.2, -0.15) is 11.8 Å². The average Bonchev–Trinajstić information content (AvgIpc) is 2.44. The lowest BCUT2D eigenvalue weighted by molar-refractivity contribution is -0.128. The number of carbonyl (C=O) groups excluding carboxylic acids is 2. The second-order valence-corrected chi connectivity index (χ2v) is 9.94. The lowest BCUT2D eigenvalue weighted by Crippen LogP contribution is -2.38. The van der Waals surface area contributed by atoms with Crippen molar-refractivity contribution in [1.82, 2.24) is 0 Å². The molecule has 0 aliphatic carbocycles. The Bertz CT molecular complexity index is 569. The van der Waals surface area contributed by atoms with Gasteiger partial charge >= 0.3 is 0 Å². The van der Waals surface area contributed by atoms with E-state index in [1.165, 1.54) is 0 Å². The molecule has 1 fully saturated rings. The Morgan fingerprint density at radius 1 is 1.26 bits per heavy atom. The van der Waals surface area contributed by atoms with Gasteiger partial charge in [0.05, 0.1) is 0 Å². The van der Waals surface area contributed by atoms with Crippen LogP contribution < -0.4 is 0 Å². The molecule has 0 saturated carbocycles. The fourth-order valence-corrected chi connectivity index (χ4v) is 4.34. The van der Waals surface area contributed by atoms with Gasteiger partial charge in [0.2, 0.25) is 0 Å². The van der Waals surface area contributed by atoms with Gasteiger partial charge in [0.25, 0.3) is 0 Å². The largest absolute Gasteiger partial charge is 0.299 e. The highest BCUT2D eigenvalue weighted by atomic mass is 32.2. The molecular weight excluding hydrogens is 304 g/mol. The van der Waals surface area contributed by atoms with E-state index in [9.17, 15) is 9.59 Å². The van der Waals surface area contributed by atoms with Crippen LogP contribution in [-0.2, 0) is 9.59 Å². The lowest BCUT2D eigenvalue weighted by atomic mass is 9.75. The monoisotopic (exact) mass is 332 g/mol. The molecule has 2 nitrogen and oxygen atoms in total. The number of carbonyl (C=O) groups is 2. The normalized spacial score (nSPS) is 22.7. The van der Waals surface area contributed by atoms with E-state index in [-0.39, 0.29) is 27.8 Å². The number of ketones is 2. The molecule has 23 heavy (non-hydrogen) atoms. The van der Waals surface area contributed by atoms with Crippen LogP contribution in [0.25, 0.3) is 0 Å². The molecule has 0 aromatic heterocycles. The van der Waals surface area contributed by atoms with E-state index in [1.54, 1.807) is 0 Å². The third-order valence-electron chi connectivity index (χ3n) is 4.62. The van der Waals surface area contributed by atoms with E-state index in [0.29, 0.717) is 18.6 Å². The van der Waals surface area contributed by atoms with Crippen molar-refractivity contribution in [2.45, 2.75) is 58.1 Å². The molecule has 0 N–H and O–H groups in total. The Labute approximate surface area is 144 Å². The number of rotatable bonds is 4. The van der Waals surface area contributed by atoms with Crippen molar-refractivity contribution in [3.63, 3.8) is 0 Å². The van der Waals surface area contributed by atoms with Gasteiger partial charge in [-0.15, -0.1) is 0 Å². The zero-order valence-electron chi connectivity index (χ0n) is 14.9. The maximum atomic E-state index is 12.7. The highest BCUT2D eigenvalue weighted by molar-refractivity contribution is 8.00.